The van der Waals surface area contributed by atoms with Gasteiger partial charge >= 0.3 is 0 Å². The van der Waals surface area contributed by atoms with Crippen molar-refractivity contribution in [3.63, 3.8) is 0 Å². The highest BCUT2D eigenvalue weighted by Gasteiger charge is 2.22. The lowest BCUT2D eigenvalue weighted by atomic mass is 10.1. The molecule has 7 heteroatoms. The van der Waals surface area contributed by atoms with Gasteiger partial charge in [0.25, 0.3) is 5.91 Å². The van der Waals surface area contributed by atoms with Gasteiger partial charge in [-0.1, -0.05) is 24.4 Å². The summed E-state index contributed by atoms with van der Waals surface area (Å²) in [7, 11) is 0. The third kappa shape index (κ3) is 2.82. The van der Waals surface area contributed by atoms with E-state index in [0.717, 1.165) is 12.8 Å². The van der Waals surface area contributed by atoms with Crippen LogP contribution >= 0.6 is 11.6 Å². The number of rotatable bonds is 3. The van der Waals surface area contributed by atoms with Crippen LogP contribution in [0.25, 0.3) is 0 Å². The number of benzene rings is 1. The van der Waals surface area contributed by atoms with Gasteiger partial charge in [-0.25, -0.2) is 4.68 Å². The number of hydrogen-bond acceptors (Lipinski definition) is 4. The fraction of sp³-hybridized carbons (Fsp3) is 0.412. The molecule has 1 aliphatic heterocycles. The van der Waals surface area contributed by atoms with Gasteiger partial charge in [0.1, 0.15) is 19.0 Å². The third-order valence-electron chi connectivity index (χ3n) is 4.44. The van der Waals surface area contributed by atoms with Gasteiger partial charge in [0, 0.05) is 11.6 Å². The van der Waals surface area contributed by atoms with Crippen LogP contribution in [0, 0.1) is 0 Å². The van der Waals surface area contributed by atoms with Crippen molar-refractivity contribution in [2.75, 3.05) is 18.5 Å². The fourth-order valence-corrected chi connectivity index (χ4v) is 3.55. The Morgan fingerprint density at radius 3 is 2.88 bits per heavy atom. The van der Waals surface area contributed by atoms with E-state index in [-0.39, 0.29) is 5.91 Å². The molecule has 0 atom stereocenters. The summed E-state index contributed by atoms with van der Waals surface area (Å²) in [5.74, 6) is 1.46. The molecule has 126 valence electrons. The van der Waals surface area contributed by atoms with Crippen LogP contribution in [0.1, 0.15) is 42.1 Å². The Morgan fingerprint density at radius 1 is 1.25 bits per heavy atom. The summed E-state index contributed by atoms with van der Waals surface area (Å²) in [5.41, 5.74) is 0.434. The second-order valence-electron chi connectivity index (χ2n) is 6.04. The molecule has 1 aliphatic carbocycles. The molecule has 1 N–H and O–H groups in total. The summed E-state index contributed by atoms with van der Waals surface area (Å²) in [6, 6.07) is 5.43. The summed E-state index contributed by atoms with van der Waals surface area (Å²) in [6.07, 6.45) is 6.32. The van der Waals surface area contributed by atoms with Gasteiger partial charge in [0.15, 0.2) is 11.5 Å². The van der Waals surface area contributed by atoms with Crippen molar-refractivity contribution in [1.29, 1.82) is 0 Å². The summed E-state index contributed by atoms with van der Waals surface area (Å²) in [4.78, 5) is 12.6. The second-order valence-corrected chi connectivity index (χ2v) is 6.44. The predicted octanol–water partition coefficient (Wildman–Crippen LogP) is 3.68. The number of anilines is 1. The van der Waals surface area contributed by atoms with Crippen LogP contribution < -0.4 is 14.8 Å². The van der Waals surface area contributed by atoms with Gasteiger partial charge < -0.3 is 14.8 Å². The van der Waals surface area contributed by atoms with Crippen LogP contribution in [0.15, 0.2) is 24.4 Å². The molecule has 4 rings (SSSR count). The van der Waals surface area contributed by atoms with Crippen LogP contribution in [0.5, 0.6) is 11.5 Å². The number of halogens is 1. The second kappa shape index (κ2) is 6.36. The molecule has 0 unspecified atom stereocenters. The van der Waals surface area contributed by atoms with Crippen molar-refractivity contribution in [2.45, 2.75) is 31.7 Å². The van der Waals surface area contributed by atoms with Gasteiger partial charge in [-0.2, -0.15) is 5.10 Å². The zero-order chi connectivity index (χ0) is 16.5. The van der Waals surface area contributed by atoms with E-state index >= 15 is 0 Å². The molecule has 0 saturated heterocycles. The smallest absolute Gasteiger partial charge is 0.257 e. The molecule has 1 aromatic carbocycles. The average molecular weight is 348 g/mol. The SMILES string of the molecule is O=C(Nc1ccnn1C1CCCC1)c1cc(Cl)c2c(c1)OCCO2. The van der Waals surface area contributed by atoms with Crippen molar-refractivity contribution in [2.24, 2.45) is 0 Å². The molecule has 24 heavy (non-hydrogen) atoms. The maximum Gasteiger partial charge on any atom is 0.257 e. The Kier molecular flexibility index (Phi) is 4.06. The molecule has 0 spiro atoms. The highest BCUT2D eigenvalue weighted by Crippen LogP contribution is 2.38. The molecule has 1 aromatic heterocycles. The van der Waals surface area contributed by atoms with Crippen LogP contribution in [0.2, 0.25) is 5.02 Å². The molecule has 0 bridgehead atoms. The monoisotopic (exact) mass is 347 g/mol. The van der Waals surface area contributed by atoms with Gasteiger partial charge in [-0.3, -0.25) is 4.79 Å². The number of fused-ring (bicyclic) bond motifs is 1. The van der Waals surface area contributed by atoms with E-state index < -0.39 is 0 Å². The Balaban J connectivity index is 1.57. The van der Waals surface area contributed by atoms with E-state index in [1.165, 1.54) is 12.8 Å². The van der Waals surface area contributed by atoms with Crippen LogP contribution in [-0.2, 0) is 0 Å². The largest absolute Gasteiger partial charge is 0.486 e. The molecular formula is C17H18ClN3O3. The molecule has 6 nitrogen and oxygen atoms in total. The van der Waals surface area contributed by atoms with Crippen LogP contribution in [0.4, 0.5) is 5.82 Å². The van der Waals surface area contributed by atoms with Crippen molar-refractivity contribution in [3.05, 3.63) is 35.0 Å². The molecule has 2 aromatic rings. The summed E-state index contributed by atoms with van der Waals surface area (Å²) in [6.45, 7) is 0.904. The van der Waals surface area contributed by atoms with Crippen molar-refractivity contribution in [3.8, 4) is 11.5 Å². The molecule has 0 radical (unpaired) electrons. The van der Waals surface area contributed by atoms with Crippen molar-refractivity contribution >= 4 is 23.3 Å². The first kappa shape index (κ1) is 15.3. The topological polar surface area (TPSA) is 65.4 Å². The Labute approximate surface area is 144 Å². The van der Waals surface area contributed by atoms with E-state index in [2.05, 4.69) is 10.4 Å². The lowest BCUT2D eigenvalue weighted by Gasteiger charge is -2.20. The summed E-state index contributed by atoms with van der Waals surface area (Å²) < 4.78 is 12.9. The first-order valence-corrected chi connectivity index (χ1v) is 8.54. The maximum atomic E-state index is 12.6. The van der Waals surface area contributed by atoms with E-state index in [4.69, 9.17) is 21.1 Å². The number of ether oxygens (including phenoxy) is 2. The zero-order valence-corrected chi connectivity index (χ0v) is 13.9. The lowest BCUT2D eigenvalue weighted by Crippen LogP contribution is -2.19. The highest BCUT2D eigenvalue weighted by atomic mass is 35.5. The molecule has 1 saturated carbocycles. The number of amides is 1. The van der Waals surface area contributed by atoms with E-state index in [0.29, 0.717) is 47.2 Å². The Hall–Kier alpha value is -2.21. The zero-order valence-electron chi connectivity index (χ0n) is 13.1. The fourth-order valence-electron chi connectivity index (χ4n) is 3.28. The van der Waals surface area contributed by atoms with Gasteiger partial charge in [0.05, 0.1) is 17.3 Å². The van der Waals surface area contributed by atoms with Gasteiger partial charge in [0.2, 0.25) is 0 Å². The minimum atomic E-state index is -0.242. The Morgan fingerprint density at radius 2 is 2.04 bits per heavy atom. The van der Waals surface area contributed by atoms with E-state index in [9.17, 15) is 4.79 Å². The van der Waals surface area contributed by atoms with Crippen LogP contribution in [0.3, 0.4) is 0 Å². The van der Waals surface area contributed by atoms with E-state index in [1.807, 2.05) is 10.7 Å². The number of carbonyl (C=O) groups excluding carboxylic acids is 1. The summed E-state index contributed by atoms with van der Waals surface area (Å²) >= 11 is 6.21. The number of nitrogens with one attached hydrogen (secondary N) is 1. The molecule has 2 aliphatic rings. The normalized spacial score (nSPS) is 17.0. The molecule has 1 amide bonds. The highest BCUT2D eigenvalue weighted by molar-refractivity contribution is 6.32. The molecule has 2 heterocycles. The number of nitrogens with zero attached hydrogens (tertiary/aromatic N) is 2. The third-order valence-corrected chi connectivity index (χ3v) is 4.72. The van der Waals surface area contributed by atoms with Crippen LogP contribution in [-0.4, -0.2) is 28.9 Å². The molecule has 1 fully saturated rings. The quantitative estimate of drug-likeness (QED) is 0.919. The first-order valence-electron chi connectivity index (χ1n) is 8.16. The minimum absolute atomic E-state index is 0.242. The minimum Gasteiger partial charge on any atom is -0.486 e. The first-order chi connectivity index (χ1) is 11.7. The Bertz CT molecular complexity index is 768. The lowest BCUT2D eigenvalue weighted by molar-refractivity contribution is 0.102. The number of hydrogen-bond donors (Lipinski definition) is 1. The predicted molar refractivity (Wildman–Crippen MR) is 90.1 cm³/mol. The van der Waals surface area contributed by atoms with E-state index in [1.54, 1.807) is 18.3 Å². The van der Waals surface area contributed by atoms with Gasteiger partial charge in [-0.15, -0.1) is 0 Å². The van der Waals surface area contributed by atoms with Crippen molar-refractivity contribution < 1.29 is 14.3 Å². The van der Waals surface area contributed by atoms with Gasteiger partial charge in [-0.05, 0) is 25.0 Å². The summed E-state index contributed by atoms with van der Waals surface area (Å²) in [5, 5.41) is 7.66. The number of carbonyl (C=O) groups is 1. The standard InChI is InChI=1S/C17H18ClN3O3/c18-13-9-11(10-14-16(13)24-8-7-23-14)17(22)20-15-5-6-19-21(15)12-3-1-2-4-12/h5-6,9-10,12H,1-4,7-8H2,(H,20,22). The average Bonchev–Trinajstić information content (AvgIpc) is 3.25. The maximum absolute atomic E-state index is 12.6. The van der Waals surface area contributed by atoms with Crippen molar-refractivity contribution in [1.82, 2.24) is 9.78 Å². The number of aromatic nitrogens is 2. The molecular weight excluding hydrogens is 330 g/mol.